The van der Waals surface area contributed by atoms with Crippen molar-refractivity contribution in [2.45, 2.75) is 139 Å². The maximum absolute atomic E-state index is 11.2. The fraction of sp³-hybridized carbons (Fsp3) is 0.958. The fourth-order valence-corrected chi connectivity index (χ4v) is 4.84. The van der Waals surface area contributed by atoms with Crippen LogP contribution in [0.15, 0.2) is 0 Å². The van der Waals surface area contributed by atoms with Gasteiger partial charge in [-0.25, -0.2) is 0 Å². The maximum atomic E-state index is 11.2. The minimum absolute atomic E-state index is 0.174. The summed E-state index contributed by atoms with van der Waals surface area (Å²) in [5.41, 5.74) is 0. The van der Waals surface area contributed by atoms with E-state index in [1.165, 1.54) is 12.8 Å². The first-order valence-corrected chi connectivity index (χ1v) is 12.8. The van der Waals surface area contributed by atoms with E-state index in [-0.39, 0.29) is 18.6 Å². The molecule has 2 saturated heterocycles. The Hall–Kier alpha value is -0.850. The number of carboxylic acids is 1. The Labute approximate surface area is 202 Å². The number of piperidine rings is 1. The highest BCUT2D eigenvalue weighted by atomic mass is 16.7. The Kier molecular flexibility index (Phi) is 13.2. The third-order valence-electron chi connectivity index (χ3n) is 7.04. The molecule has 2 aliphatic rings. The van der Waals surface area contributed by atoms with E-state index in [0.717, 1.165) is 51.4 Å². The molecule has 10 nitrogen and oxygen atoms in total. The molecular weight excluding hydrogens is 446 g/mol. The second-order valence-corrected chi connectivity index (χ2v) is 9.90. The van der Waals surface area contributed by atoms with Gasteiger partial charge in [-0.1, -0.05) is 44.9 Å². The van der Waals surface area contributed by atoms with E-state index in [2.05, 4.69) is 5.32 Å². The molecule has 0 unspecified atom stereocenters. The Balaban J connectivity index is 1.60. The van der Waals surface area contributed by atoms with Gasteiger partial charge in [-0.15, -0.1) is 0 Å². The monoisotopic (exact) mass is 491 g/mol. The zero-order valence-corrected chi connectivity index (χ0v) is 20.3. The number of unbranched alkanes of at least 4 members (excludes halogenated alkanes) is 6. The van der Waals surface area contributed by atoms with Crippen LogP contribution in [-0.4, -0.2) is 98.2 Å². The van der Waals surface area contributed by atoms with Crippen molar-refractivity contribution < 1.29 is 44.9 Å². The van der Waals surface area contributed by atoms with Crippen molar-refractivity contribution in [2.24, 2.45) is 0 Å². The summed E-state index contributed by atoms with van der Waals surface area (Å²) in [4.78, 5) is 11.2. The maximum Gasteiger partial charge on any atom is 0.305 e. The highest BCUT2D eigenvalue weighted by molar-refractivity contribution is 5.67. The minimum atomic E-state index is -1.55. The first-order valence-electron chi connectivity index (χ1n) is 12.8. The third kappa shape index (κ3) is 9.66. The predicted octanol–water partition coefficient (Wildman–Crippen LogP) is 0.659. The molecule has 0 amide bonds. The van der Waals surface area contributed by atoms with Crippen LogP contribution in [-0.2, 0) is 14.3 Å². The van der Waals surface area contributed by atoms with Gasteiger partial charge in [0, 0.05) is 12.1 Å². The lowest BCUT2D eigenvalue weighted by Gasteiger charge is -2.40. The number of carbonyl (C=O) groups is 1. The summed E-state index contributed by atoms with van der Waals surface area (Å²) in [5.74, 6) is -1.04. The van der Waals surface area contributed by atoms with Gasteiger partial charge in [-0.3, -0.25) is 4.79 Å². The van der Waals surface area contributed by atoms with E-state index in [0.29, 0.717) is 12.5 Å². The molecule has 0 aromatic heterocycles. The molecule has 2 fully saturated rings. The number of aliphatic carboxylic acids is 1. The van der Waals surface area contributed by atoms with Gasteiger partial charge in [0.1, 0.15) is 24.4 Å². The lowest BCUT2D eigenvalue weighted by atomic mass is 9.93. The van der Waals surface area contributed by atoms with Crippen molar-refractivity contribution in [1.29, 1.82) is 0 Å². The van der Waals surface area contributed by atoms with Crippen molar-refractivity contribution >= 4 is 5.97 Å². The lowest BCUT2D eigenvalue weighted by molar-refractivity contribution is -0.311. The summed E-state index contributed by atoms with van der Waals surface area (Å²) in [6.45, 7) is 1.47. The van der Waals surface area contributed by atoms with E-state index in [4.69, 9.17) is 9.47 Å². The summed E-state index contributed by atoms with van der Waals surface area (Å²) in [6, 6.07) is 0.682. The van der Waals surface area contributed by atoms with E-state index >= 15 is 0 Å². The third-order valence-corrected chi connectivity index (χ3v) is 7.04. The van der Waals surface area contributed by atoms with Crippen LogP contribution in [0.25, 0.3) is 0 Å². The largest absolute Gasteiger partial charge is 0.481 e. The van der Waals surface area contributed by atoms with Crippen molar-refractivity contribution in [3.8, 4) is 0 Å². The molecule has 34 heavy (non-hydrogen) atoms. The molecule has 2 aliphatic heterocycles. The van der Waals surface area contributed by atoms with Crippen molar-refractivity contribution in [1.82, 2.24) is 5.32 Å². The fourth-order valence-electron chi connectivity index (χ4n) is 4.84. The highest BCUT2D eigenvalue weighted by Gasteiger charge is 2.44. The number of aliphatic hydroxyl groups excluding tert-OH is 5. The minimum Gasteiger partial charge on any atom is -0.481 e. The van der Waals surface area contributed by atoms with Gasteiger partial charge in [0.05, 0.1) is 25.2 Å². The second-order valence-electron chi connectivity index (χ2n) is 9.90. The molecule has 0 saturated carbocycles. The predicted molar refractivity (Wildman–Crippen MR) is 124 cm³/mol. The van der Waals surface area contributed by atoms with Crippen molar-refractivity contribution in [3.63, 3.8) is 0 Å². The number of hydrogen-bond acceptors (Lipinski definition) is 9. The van der Waals surface area contributed by atoms with E-state index in [9.17, 15) is 35.4 Å². The van der Waals surface area contributed by atoms with Gasteiger partial charge in [-0.2, -0.15) is 0 Å². The van der Waals surface area contributed by atoms with Crippen LogP contribution >= 0.6 is 0 Å². The smallest absolute Gasteiger partial charge is 0.305 e. The Morgan fingerprint density at radius 2 is 1.62 bits per heavy atom. The number of ether oxygens (including phenoxy) is 2. The second kappa shape index (κ2) is 15.3. The number of carboxylic acid groups (broad SMARTS) is 1. The quantitative estimate of drug-likeness (QED) is 0.162. The molecule has 0 bridgehead atoms. The normalized spacial score (nSPS) is 35.2. The number of aliphatic hydroxyl groups is 5. The average Bonchev–Trinajstić information content (AvgIpc) is 2.80. The number of rotatable bonds is 15. The van der Waals surface area contributed by atoms with Crippen LogP contribution in [0.3, 0.4) is 0 Å². The van der Waals surface area contributed by atoms with Crippen LogP contribution < -0.4 is 5.32 Å². The van der Waals surface area contributed by atoms with Crippen LogP contribution in [0, 0.1) is 0 Å². The van der Waals surface area contributed by atoms with Gasteiger partial charge < -0.3 is 45.4 Å². The summed E-state index contributed by atoms with van der Waals surface area (Å²) in [6.07, 6.45) is 2.74. The zero-order valence-electron chi connectivity index (χ0n) is 20.3. The summed E-state index contributed by atoms with van der Waals surface area (Å²) >= 11 is 0. The van der Waals surface area contributed by atoms with Gasteiger partial charge in [0.2, 0.25) is 0 Å². The molecule has 200 valence electrons. The Morgan fingerprint density at radius 3 is 2.24 bits per heavy atom. The van der Waals surface area contributed by atoms with Crippen LogP contribution in [0.5, 0.6) is 0 Å². The van der Waals surface area contributed by atoms with Crippen LogP contribution in [0.1, 0.15) is 84.0 Å². The summed E-state index contributed by atoms with van der Waals surface area (Å²) < 4.78 is 11.0. The molecule has 0 aromatic carbocycles. The highest BCUT2D eigenvalue weighted by Crippen LogP contribution is 2.25. The molecule has 2 rings (SSSR count). The van der Waals surface area contributed by atoms with Crippen LogP contribution in [0.4, 0.5) is 0 Å². The van der Waals surface area contributed by atoms with Crippen molar-refractivity contribution in [3.05, 3.63) is 0 Å². The first kappa shape index (κ1) is 29.4. The zero-order chi connectivity index (χ0) is 25.1. The summed E-state index contributed by atoms with van der Waals surface area (Å²) in [7, 11) is 0. The molecule has 7 N–H and O–H groups in total. The molecule has 0 radical (unpaired) electrons. The molecule has 0 aliphatic carbocycles. The Morgan fingerprint density at radius 1 is 0.971 bits per heavy atom. The number of hydrogen-bond donors (Lipinski definition) is 7. The molecule has 10 heteroatoms. The van der Waals surface area contributed by atoms with Gasteiger partial charge in [-0.05, 0) is 32.6 Å². The van der Waals surface area contributed by atoms with E-state index in [1.807, 2.05) is 6.92 Å². The van der Waals surface area contributed by atoms with Crippen molar-refractivity contribution in [2.75, 3.05) is 6.61 Å². The van der Waals surface area contributed by atoms with Gasteiger partial charge >= 0.3 is 5.97 Å². The number of nitrogens with one attached hydrogen (secondary N) is 1. The average molecular weight is 492 g/mol. The molecule has 9 atom stereocenters. The van der Waals surface area contributed by atoms with E-state index in [1.54, 1.807) is 0 Å². The van der Waals surface area contributed by atoms with Gasteiger partial charge in [0.15, 0.2) is 6.29 Å². The molecule has 2 heterocycles. The SMILES string of the molecule is C[C@@H]1N[C@H](CCCCCCCCC[C@H](CC(=O)O)O[C@H]2O[C@H](CO)[C@@H](O)[C@H](O)[C@H]2O)CC[C@H]1O. The van der Waals surface area contributed by atoms with Crippen LogP contribution in [0.2, 0.25) is 0 Å². The first-order chi connectivity index (χ1) is 16.2. The lowest BCUT2D eigenvalue weighted by Crippen LogP contribution is -2.59. The Bertz CT molecular complexity index is 579. The standard InChI is InChI=1S/C24H45NO9/c1-15-18(27)12-11-16(25-15)9-7-5-3-2-4-6-8-10-17(13-20(28)29)33-24-23(32)22(31)21(30)19(14-26)34-24/h15-19,21-27,30-32H,2-14H2,1H3,(H,28,29)/t15-,16+,17+,18+,19+,21+,22-,23+,24-/m0/s1. The molecular formula is C24H45NO9. The van der Waals surface area contributed by atoms with E-state index < -0.39 is 49.4 Å². The topological polar surface area (TPSA) is 169 Å². The summed E-state index contributed by atoms with van der Waals surface area (Å²) in [5, 5.41) is 61.6. The molecule has 0 aromatic rings. The molecule has 0 spiro atoms. The van der Waals surface area contributed by atoms with Gasteiger partial charge in [0.25, 0.3) is 0 Å².